The molecule has 142 valence electrons. The lowest BCUT2D eigenvalue weighted by molar-refractivity contribution is -0.0134. The van der Waals surface area contributed by atoms with Gasteiger partial charge in [-0.05, 0) is 12.1 Å². The van der Waals surface area contributed by atoms with Gasteiger partial charge in [0.05, 0.1) is 66.1 Å². The summed E-state index contributed by atoms with van der Waals surface area (Å²) in [6.45, 7) is 6.24. The Morgan fingerprint density at radius 1 is 0.400 bits per heavy atom. The number of fused-ring (bicyclic) bond motifs is 1. The molecule has 1 aromatic rings. The van der Waals surface area contributed by atoms with Crippen LogP contribution in [0.1, 0.15) is 0 Å². The van der Waals surface area contributed by atoms with E-state index in [1.165, 1.54) is 0 Å². The maximum absolute atomic E-state index is 5.71. The highest BCUT2D eigenvalue weighted by Gasteiger charge is 2.04. The minimum atomic E-state index is 0.456. The lowest BCUT2D eigenvalue weighted by Crippen LogP contribution is -2.14. The molecule has 0 unspecified atom stereocenters. The largest absolute Gasteiger partial charge is 0.487 e. The van der Waals surface area contributed by atoms with Crippen molar-refractivity contribution in [2.75, 3.05) is 79.3 Å². The first kappa shape index (κ1) is 19.9. The van der Waals surface area contributed by atoms with Crippen LogP contribution in [0, 0.1) is 0 Å². The first-order valence-corrected chi connectivity index (χ1v) is 8.70. The second kappa shape index (κ2) is 13.9. The average molecular weight is 356 g/mol. The van der Waals surface area contributed by atoms with Crippen molar-refractivity contribution in [1.29, 1.82) is 0 Å². The number of benzene rings is 1. The lowest BCUT2D eigenvalue weighted by atomic mass is 10.3. The molecule has 1 aromatic carbocycles. The molecule has 0 spiro atoms. The van der Waals surface area contributed by atoms with Crippen LogP contribution in [-0.2, 0) is 23.7 Å². The summed E-state index contributed by atoms with van der Waals surface area (Å²) in [5.41, 5.74) is 0. The van der Waals surface area contributed by atoms with E-state index in [4.69, 9.17) is 33.2 Å². The fraction of sp³-hybridized carbons (Fsp3) is 0.667. The van der Waals surface area contributed by atoms with Crippen molar-refractivity contribution >= 4 is 0 Å². The second-order valence-electron chi connectivity index (χ2n) is 5.21. The third kappa shape index (κ3) is 9.62. The molecule has 2 rings (SSSR count). The van der Waals surface area contributed by atoms with Crippen LogP contribution in [0.3, 0.4) is 0 Å². The van der Waals surface area contributed by atoms with Gasteiger partial charge in [-0.3, -0.25) is 0 Å². The Balaban J connectivity index is 1.73. The van der Waals surface area contributed by atoms with Crippen molar-refractivity contribution in [2.45, 2.75) is 0 Å². The summed E-state index contributed by atoms with van der Waals surface area (Å²) in [5.74, 6) is 1.41. The molecule has 0 saturated carbocycles. The van der Waals surface area contributed by atoms with Crippen LogP contribution in [0.2, 0.25) is 0 Å². The maximum Gasteiger partial charge on any atom is 0.161 e. The Labute approximate surface area is 149 Å². The van der Waals surface area contributed by atoms with Gasteiger partial charge in [0.25, 0.3) is 0 Å². The summed E-state index contributed by atoms with van der Waals surface area (Å²) in [4.78, 5) is 0. The van der Waals surface area contributed by atoms with Gasteiger partial charge >= 0.3 is 0 Å². The molecule has 0 saturated heterocycles. The van der Waals surface area contributed by atoms with Crippen molar-refractivity contribution in [3.8, 4) is 11.5 Å². The first-order valence-electron chi connectivity index (χ1n) is 8.70. The zero-order chi connectivity index (χ0) is 17.4. The van der Waals surface area contributed by atoms with Crippen LogP contribution in [0.5, 0.6) is 11.5 Å². The lowest BCUT2D eigenvalue weighted by Gasteiger charge is -2.13. The Bertz CT molecular complexity index is 402. The van der Waals surface area contributed by atoms with E-state index in [2.05, 4.69) is 0 Å². The normalized spacial score (nSPS) is 20.3. The van der Waals surface area contributed by atoms with Crippen LogP contribution in [0.4, 0.5) is 0 Å². The fourth-order valence-corrected chi connectivity index (χ4v) is 2.09. The van der Waals surface area contributed by atoms with E-state index < -0.39 is 0 Å². The van der Waals surface area contributed by atoms with Gasteiger partial charge in [-0.1, -0.05) is 12.1 Å². The highest BCUT2D eigenvalue weighted by molar-refractivity contribution is 5.39. The minimum Gasteiger partial charge on any atom is -0.487 e. The Hall–Kier alpha value is -1.38. The molecule has 0 N–H and O–H groups in total. The molecule has 0 radical (unpaired) electrons. The molecule has 0 amide bonds. The predicted octanol–water partition coefficient (Wildman–Crippen LogP) is 1.54. The fourth-order valence-electron chi connectivity index (χ4n) is 2.09. The molecule has 7 heteroatoms. The Kier molecular flexibility index (Phi) is 11.1. The molecule has 25 heavy (non-hydrogen) atoms. The molecule has 1 aliphatic heterocycles. The molecule has 0 aliphatic carbocycles. The van der Waals surface area contributed by atoms with E-state index in [1.807, 2.05) is 24.3 Å². The number of ether oxygens (including phenoxy) is 7. The summed E-state index contributed by atoms with van der Waals surface area (Å²) in [6, 6.07) is 7.58. The number of hydrogen-bond acceptors (Lipinski definition) is 7. The highest BCUT2D eigenvalue weighted by Crippen LogP contribution is 2.26. The molecule has 0 aromatic heterocycles. The molecule has 1 heterocycles. The van der Waals surface area contributed by atoms with Crippen molar-refractivity contribution in [2.24, 2.45) is 0 Å². The summed E-state index contributed by atoms with van der Waals surface area (Å²) in [5, 5.41) is 0. The van der Waals surface area contributed by atoms with Gasteiger partial charge in [0.15, 0.2) is 11.5 Å². The smallest absolute Gasteiger partial charge is 0.161 e. The minimum absolute atomic E-state index is 0.456. The highest BCUT2D eigenvalue weighted by atomic mass is 16.6. The third-order valence-corrected chi connectivity index (χ3v) is 3.31. The standard InChI is InChI=1S/C18H28O7/c1-2-4-18-17(3-1)24-15-13-22-11-9-20-7-5-19-6-8-21-10-12-23-14-16-25-18/h1-4H,5-16H2. The van der Waals surface area contributed by atoms with E-state index in [-0.39, 0.29) is 0 Å². The second-order valence-corrected chi connectivity index (χ2v) is 5.21. The van der Waals surface area contributed by atoms with Gasteiger partial charge in [0, 0.05) is 0 Å². The van der Waals surface area contributed by atoms with E-state index in [0.29, 0.717) is 90.8 Å². The molecule has 0 atom stereocenters. The molecule has 0 bridgehead atoms. The summed E-state index contributed by atoms with van der Waals surface area (Å²) in [7, 11) is 0. The first-order chi connectivity index (χ1) is 12.5. The predicted molar refractivity (Wildman–Crippen MR) is 91.5 cm³/mol. The number of hydrogen-bond donors (Lipinski definition) is 0. The summed E-state index contributed by atoms with van der Waals surface area (Å²) < 4.78 is 38.6. The summed E-state index contributed by atoms with van der Waals surface area (Å²) >= 11 is 0. The monoisotopic (exact) mass is 356 g/mol. The van der Waals surface area contributed by atoms with Gasteiger partial charge in [-0.25, -0.2) is 0 Å². The quantitative estimate of drug-likeness (QED) is 0.699. The van der Waals surface area contributed by atoms with Gasteiger partial charge in [-0.15, -0.1) is 0 Å². The molecular formula is C18H28O7. The van der Waals surface area contributed by atoms with Crippen LogP contribution in [0.25, 0.3) is 0 Å². The zero-order valence-electron chi connectivity index (χ0n) is 14.7. The van der Waals surface area contributed by atoms with Gasteiger partial charge in [0.2, 0.25) is 0 Å². The Morgan fingerprint density at radius 2 is 0.680 bits per heavy atom. The van der Waals surface area contributed by atoms with E-state index in [1.54, 1.807) is 0 Å². The SMILES string of the molecule is c1ccc2c(c1)OCCOCCOCCOCCOCCOCCO2. The van der Waals surface area contributed by atoms with Gasteiger partial charge < -0.3 is 33.2 Å². The van der Waals surface area contributed by atoms with Crippen molar-refractivity contribution in [3.05, 3.63) is 24.3 Å². The van der Waals surface area contributed by atoms with Gasteiger partial charge in [0.1, 0.15) is 13.2 Å². The molecule has 7 nitrogen and oxygen atoms in total. The van der Waals surface area contributed by atoms with Crippen LogP contribution < -0.4 is 9.47 Å². The van der Waals surface area contributed by atoms with Crippen LogP contribution >= 0.6 is 0 Å². The number of rotatable bonds is 0. The van der Waals surface area contributed by atoms with E-state index in [0.717, 1.165) is 0 Å². The average Bonchev–Trinajstić information content (AvgIpc) is 2.64. The molecule has 0 fully saturated rings. The van der Waals surface area contributed by atoms with Gasteiger partial charge in [-0.2, -0.15) is 0 Å². The van der Waals surface area contributed by atoms with Crippen LogP contribution in [0.15, 0.2) is 24.3 Å². The maximum atomic E-state index is 5.71. The zero-order valence-corrected chi connectivity index (χ0v) is 14.7. The van der Waals surface area contributed by atoms with Crippen molar-refractivity contribution in [3.63, 3.8) is 0 Å². The van der Waals surface area contributed by atoms with Crippen LogP contribution in [-0.4, -0.2) is 79.3 Å². The Morgan fingerprint density at radius 3 is 1.00 bits per heavy atom. The molecular weight excluding hydrogens is 328 g/mol. The topological polar surface area (TPSA) is 64.6 Å². The van der Waals surface area contributed by atoms with Crippen molar-refractivity contribution < 1.29 is 33.2 Å². The van der Waals surface area contributed by atoms with Crippen molar-refractivity contribution in [1.82, 2.24) is 0 Å². The summed E-state index contributed by atoms with van der Waals surface area (Å²) in [6.07, 6.45) is 0. The number of para-hydroxylation sites is 2. The molecule has 1 aliphatic rings. The van der Waals surface area contributed by atoms with E-state index >= 15 is 0 Å². The third-order valence-electron chi connectivity index (χ3n) is 3.31. The van der Waals surface area contributed by atoms with E-state index in [9.17, 15) is 0 Å².